The number of hydrogen-bond acceptors (Lipinski definition) is 3. The highest BCUT2D eigenvalue weighted by atomic mass is 16.2. The maximum absolute atomic E-state index is 13.2. The van der Waals surface area contributed by atoms with Crippen molar-refractivity contribution in [2.24, 2.45) is 0 Å². The first-order valence-electron chi connectivity index (χ1n) is 9.56. The van der Waals surface area contributed by atoms with Crippen LogP contribution in [-0.2, 0) is 4.79 Å². The van der Waals surface area contributed by atoms with E-state index in [1.54, 1.807) is 4.90 Å². The molecule has 0 unspecified atom stereocenters. The third kappa shape index (κ3) is 2.98. The number of rotatable bonds is 5. The molecular weight excluding hydrogens is 328 g/mol. The van der Waals surface area contributed by atoms with Crippen LogP contribution in [0, 0.1) is 0 Å². The van der Waals surface area contributed by atoms with E-state index in [0.29, 0.717) is 13.1 Å². The summed E-state index contributed by atoms with van der Waals surface area (Å²) in [4.78, 5) is 31.8. The summed E-state index contributed by atoms with van der Waals surface area (Å²) in [6.07, 6.45) is 2.50. The molecule has 4 rings (SSSR count). The molecule has 3 aliphatic heterocycles. The zero-order valence-corrected chi connectivity index (χ0v) is 15.3. The predicted molar refractivity (Wildman–Crippen MR) is 99.4 cm³/mol. The molecule has 0 aromatic heterocycles. The first-order chi connectivity index (χ1) is 12.7. The van der Waals surface area contributed by atoms with Gasteiger partial charge in [-0.15, -0.1) is 0 Å². The highest BCUT2D eigenvalue weighted by Gasteiger charge is 2.43. The Morgan fingerprint density at radius 2 is 1.81 bits per heavy atom. The average molecular weight is 354 g/mol. The molecule has 1 saturated heterocycles. The second kappa shape index (κ2) is 7.11. The second-order valence-corrected chi connectivity index (χ2v) is 7.17. The summed E-state index contributed by atoms with van der Waals surface area (Å²) < 4.78 is 0. The topological polar surface area (TPSA) is 55.9 Å². The molecule has 6 heteroatoms. The van der Waals surface area contributed by atoms with Gasteiger partial charge < -0.3 is 15.1 Å². The fourth-order valence-corrected chi connectivity index (χ4v) is 4.23. The standard InChI is InChI=1S/C20H26N4O2/c1-2-24-16-14-23(13-12-22-10-6-7-11-22)19(25)17(16)18(21-20(24)26)15-8-4-3-5-9-15/h3-5,8-9,18H,2,6-7,10-14H2,1H3,(H,21,26)/t18-/m1/s1. The van der Waals surface area contributed by atoms with E-state index in [1.165, 1.54) is 12.8 Å². The first-order valence-corrected chi connectivity index (χ1v) is 9.56. The molecule has 26 heavy (non-hydrogen) atoms. The Hall–Kier alpha value is -2.34. The van der Waals surface area contributed by atoms with E-state index in [9.17, 15) is 9.59 Å². The molecule has 0 bridgehead atoms. The van der Waals surface area contributed by atoms with E-state index in [4.69, 9.17) is 0 Å². The fourth-order valence-electron chi connectivity index (χ4n) is 4.23. The van der Waals surface area contributed by atoms with Crippen LogP contribution in [0.1, 0.15) is 31.4 Å². The number of hydrogen-bond donors (Lipinski definition) is 1. The van der Waals surface area contributed by atoms with Gasteiger partial charge in [-0.1, -0.05) is 30.3 Å². The molecule has 138 valence electrons. The minimum Gasteiger partial charge on any atom is -0.332 e. The van der Waals surface area contributed by atoms with Gasteiger partial charge in [-0.2, -0.15) is 0 Å². The summed E-state index contributed by atoms with van der Waals surface area (Å²) in [5.74, 6) is 0.0616. The van der Waals surface area contributed by atoms with Gasteiger partial charge in [-0.25, -0.2) is 4.79 Å². The van der Waals surface area contributed by atoms with E-state index in [1.807, 2.05) is 42.2 Å². The number of benzene rings is 1. The quantitative estimate of drug-likeness (QED) is 0.880. The molecule has 1 N–H and O–H groups in total. The van der Waals surface area contributed by atoms with Crippen molar-refractivity contribution in [3.63, 3.8) is 0 Å². The van der Waals surface area contributed by atoms with Crippen molar-refractivity contribution >= 4 is 11.9 Å². The molecular formula is C20H26N4O2. The molecule has 1 aromatic rings. The summed E-state index contributed by atoms with van der Waals surface area (Å²) in [5.41, 5.74) is 2.56. The summed E-state index contributed by atoms with van der Waals surface area (Å²) in [6, 6.07) is 9.30. The zero-order chi connectivity index (χ0) is 18.1. The highest BCUT2D eigenvalue weighted by Crippen LogP contribution is 2.35. The largest absolute Gasteiger partial charge is 0.332 e. The van der Waals surface area contributed by atoms with E-state index >= 15 is 0 Å². The van der Waals surface area contributed by atoms with Crippen molar-refractivity contribution in [3.8, 4) is 0 Å². The zero-order valence-electron chi connectivity index (χ0n) is 15.3. The number of amides is 3. The number of carbonyl (C=O) groups excluding carboxylic acids is 2. The molecule has 3 aliphatic rings. The van der Waals surface area contributed by atoms with Gasteiger partial charge in [-0.3, -0.25) is 9.69 Å². The van der Waals surface area contributed by atoms with Crippen LogP contribution >= 0.6 is 0 Å². The number of carbonyl (C=O) groups is 2. The Balaban J connectivity index is 1.58. The van der Waals surface area contributed by atoms with Crippen molar-refractivity contribution in [2.45, 2.75) is 25.8 Å². The van der Waals surface area contributed by atoms with Crippen LogP contribution < -0.4 is 5.32 Å². The normalized spacial score (nSPS) is 23.7. The Bertz CT molecular complexity index is 725. The van der Waals surface area contributed by atoms with Gasteiger partial charge in [0.15, 0.2) is 0 Å². The van der Waals surface area contributed by atoms with Gasteiger partial charge >= 0.3 is 6.03 Å². The SMILES string of the molecule is CCN1C(=O)N[C@H](c2ccccc2)C2=C1CN(CCN1CCCC1)C2=O. The summed E-state index contributed by atoms with van der Waals surface area (Å²) in [6.45, 7) is 6.94. The van der Waals surface area contributed by atoms with Gasteiger partial charge in [0.2, 0.25) is 0 Å². The van der Waals surface area contributed by atoms with Gasteiger partial charge in [0.05, 0.1) is 23.9 Å². The van der Waals surface area contributed by atoms with E-state index in [-0.39, 0.29) is 18.0 Å². The van der Waals surface area contributed by atoms with E-state index in [0.717, 1.165) is 43.0 Å². The maximum atomic E-state index is 13.2. The Kier molecular flexibility index (Phi) is 4.68. The van der Waals surface area contributed by atoms with Crippen molar-refractivity contribution in [1.29, 1.82) is 0 Å². The van der Waals surface area contributed by atoms with E-state index in [2.05, 4.69) is 10.2 Å². The third-order valence-electron chi connectivity index (χ3n) is 5.63. The summed E-state index contributed by atoms with van der Waals surface area (Å²) in [5, 5.41) is 3.02. The van der Waals surface area contributed by atoms with Crippen molar-refractivity contribution in [3.05, 3.63) is 47.2 Å². The van der Waals surface area contributed by atoms with E-state index < -0.39 is 0 Å². The minimum atomic E-state index is -0.356. The molecule has 6 nitrogen and oxygen atoms in total. The van der Waals surface area contributed by atoms with Crippen LogP contribution in [0.25, 0.3) is 0 Å². The first kappa shape index (κ1) is 17.1. The van der Waals surface area contributed by atoms with Crippen molar-refractivity contribution in [2.75, 3.05) is 39.3 Å². The van der Waals surface area contributed by atoms with Crippen LogP contribution in [0.15, 0.2) is 41.6 Å². The number of likely N-dealkylation sites (N-methyl/N-ethyl adjacent to an activating group) is 1. The molecule has 0 spiro atoms. The molecule has 1 atom stereocenters. The molecule has 3 heterocycles. The van der Waals surface area contributed by atoms with Gasteiger partial charge in [0.25, 0.3) is 5.91 Å². The van der Waals surface area contributed by atoms with Crippen LogP contribution in [0.3, 0.4) is 0 Å². The molecule has 0 radical (unpaired) electrons. The number of nitrogens with one attached hydrogen (secondary N) is 1. The van der Waals surface area contributed by atoms with Crippen molar-refractivity contribution < 1.29 is 9.59 Å². The maximum Gasteiger partial charge on any atom is 0.322 e. The fraction of sp³-hybridized carbons (Fsp3) is 0.500. The Labute approximate surface area is 154 Å². The predicted octanol–water partition coefficient (Wildman–Crippen LogP) is 1.96. The third-order valence-corrected chi connectivity index (χ3v) is 5.63. The number of urea groups is 1. The summed E-state index contributed by atoms with van der Waals surface area (Å²) in [7, 11) is 0. The van der Waals surface area contributed by atoms with Crippen LogP contribution in [-0.4, -0.2) is 65.9 Å². The van der Waals surface area contributed by atoms with Gasteiger partial charge in [-0.05, 0) is 38.4 Å². The molecule has 1 fully saturated rings. The monoisotopic (exact) mass is 354 g/mol. The molecule has 3 amide bonds. The number of likely N-dealkylation sites (tertiary alicyclic amines) is 1. The second-order valence-electron chi connectivity index (χ2n) is 7.17. The average Bonchev–Trinajstić information content (AvgIpc) is 3.28. The van der Waals surface area contributed by atoms with Crippen LogP contribution in [0.2, 0.25) is 0 Å². The Morgan fingerprint density at radius 3 is 2.50 bits per heavy atom. The van der Waals surface area contributed by atoms with Crippen LogP contribution in [0.4, 0.5) is 4.79 Å². The lowest BCUT2D eigenvalue weighted by atomic mass is 9.95. The number of nitrogens with zero attached hydrogens (tertiary/aromatic N) is 3. The molecule has 0 saturated carbocycles. The van der Waals surface area contributed by atoms with Crippen LogP contribution in [0.5, 0.6) is 0 Å². The van der Waals surface area contributed by atoms with Gasteiger partial charge in [0, 0.05) is 19.6 Å². The lowest BCUT2D eigenvalue weighted by Crippen LogP contribution is -2.47. The minimum absolute atomic E-state index is 0.0616. The molecule has 1 aromatic carbocycles. The van der Waals surface area contributed by atoms with Crippen molar-refractivity contribution in [1.82, 2.24) is 20.0 Å². The Morgan fingerprint density at radius 1 is 1.08 bits per heavy atom. The highest BCUT2D eigenvalue weighted by molar-refractivity contribution is 6.01. The smallest absolute Gasteiger partial charge is 0.322 e. The lowest BCUT2D eigenvalue weighted by Gasteiger charge is -2.32. The molecule has 0 aliphatic carbocycles. The lowest BCUT2D eigenvalue weighted by molar-refractivity contribution is -0.126. The summed E-state index contributed by atoms with van der Waals surface area (Å²) >= 11 is 0. The van der Waals surface area contributed by atoms with Gasteiger partial charge in [0.1, 0.15) is 0 Å².